The fraction of sp³-hybridized carbons (Fsp3) is 0.353. The number of benzene rings is 1. The van der Waals surface area contributed by atoms with Gasteiger partial charge in [0, 0.05) is 18.2 Å². The van der Waals surface area contributed by atoms with Gasteiger partial charge >= 0.3 is 0 Å². The molecule has 1 aliphatic rings. The normalized spacial score (nSPS) is 21.2. The summed E-state index contributed by atoms with van der Waals surface area (Å²) in [6.45, 7) is 2.36. The summed E-state index contributed by atoms with van der Waals surface area (Å²) in [6.07, 6.45) is 1.51. The molecule has 0 aliphatic carbocycles. The third kappa shape index (κ3) is 3.11. The fourth-order valence-electron chi connectivity index (χ4n) is 2.96. The van der Waals surface area contributed by atoms with Crippen LogP contribution in [-0.4, -0.2) is 39.5 Å². The van der Waals surface area contributed by atoms with E-state index in [2.05, 4.69) is 10.2 Å². The van der Waals surface area contributed by atoms with E-state index in [-0.39, 0.29) is 23.8 Å². The molecule has 2 aromatic rings. The van der Waals surface area contributed by atoms with Crippen molar-refractivity contribution in [1.82, 2.24) is 15.1 Å². The SMILES string of the molecule is C[C@H]1CC[C@@H](C(N)=O)CN1C(=O)c1cc(-c2ccccc2)n[nH]1. The maximum Gasteiger partial charge on any atom is 0.272 e. The summed E-state index contributed by atoms with van der Waals surface area (Å²) in [7, 11) is 0. The van der Waals surface area contributed by atoms with Gasteiger partial charge in [0.05, 0.1) is 11.6 Å². The summed E-state index contributed by atoms with van der Waals surface area (Å²) in [5, 5.41) is 7.03. The van der Waals surface area contributed by atoms with Crippen LogP contribution in [0, 0.1) is 5.92 Å². The van der Waals surface area contributed by atoms with Crippen molar-refractivity contribution in [2.75, 3.05) is 6.54 Å². The number of hydrogen-bond donors (Lipinski definition) is 2. The third-order valence-electron chi connectivity index (χ3n) is 4.42. The Morgan fingerprint density at radius 1 is 1.26 bits per heavy atom. The van der Waals surface area contributed by atoms with E-state index in [0.29, 0.717) is 12.2 Å². The topological polar surface area (TPSA) is 92.1 Å². The second-order valence-corrected chi connectivity index (χ2v) is 6.02. The number of carbonyl (C=O) groups is 2. The molecule has 1 aromatic heterocycles. The second-order valence-electron chi connectivity index (χ2n) is 6.02. The molecule has 6 heteroatoms. The van der Waals surface area contributed by atoms with Gasteiger partial charge in [0.25, 0.3) is 5.91 Å². The fourth-order valence-corrected chi connectivity index (χ4v) is 2.96. The predicted molar refractivity (Wildman–Crippen MR) is 86.4 cm³/mol. The van der Waals surface area contributed by atoms with Crippen molar-refractivity contribution in [2.24, 2.45) is 11.7 Å². The van der Waals surface area contributed by atoms with Crippen LogP contribution in [0.5, 0.6) is 0 Å². The van der Waals surface area contributed by atoms with Crippen molar-refractivity contribution in [2.45, 2.75) is 25.8 Å². The minimum absolute atomic E-state index is 0.0848. The molecule has 0 spiro atoms. The highest BCUT2D eigenvalue weighted by Gasteiger charge is 2.32. The van der Waals surface area contributed by atoms with Gasteiger partial charge in [0.2, 0.25) is 5.91 Å². The molecule has 2 amide bonds. The number of amides is 2. The standard InChI is InChI=1S/C17H20N4O2/c1-11-7-8-13(16(18)22)10-21(11)17(23)15-9-14(19-20-15)12-5-3-2-4-6-12/h2-6,9,11,13H,7-8,10H2,1H3,(H2,18,22)(H,19,20)/t11-,13+/m0/s1. The zero-order chi connectivity index (χ0) is 16.4. The largest absolute Gasteiger partial charge is 0.369 e. The number of piperidine rings is 1. The van der Waals surface area contributed by atoms with Gasteiger partial charge < -0.3 is 10.6 Å². The van der Waals surface area contributed by atoms with E-state index in [0.717, 1.165) is 24.1 Å². The first-order valence-corrected chi connectivity index (χ1v) is 7.77. The monoisotopic (exact) mass is 312 g/mol. The molecule has 1 fully saturated rings. The molecule has 0 saturated carbocycles. The van der Waals surface area contributed by atoms with Crippen molar-refractivity contribution >= 4 is 11.8 Å². The molecular weight excluding hydrogens is 292 g/mol. The molecule has 23 heavy (non-hydrogen) atoms. The molecular formula is C17H20N4O2. The number of primary amides is 1. The predicted octanol–water partition coefficient (Wildman–Crippen LogP) is 1.80. The Kier molecular flexibility index (Phi) is 4.14. The Bertz CT molecular complexity index is 710. The van der Waals surface area contributed by atoms with Gasteiger partial charge in [0.15, 0.2) is 0 Å². The van der Waals surface area contributed by atoms with E-state index in [1.807, 2.05) is 37.3 Å². The lowest BCUT2D eigenvalue weighted by molar-refractivity contribution is -0.123. The van der Waals surface area contributed by atoms with Crippen LogP contribution in [0.3, 0.4) is 0 Å². The maximum absolute atomic E-state index is 12.7. The van der Waals surface area contributed by atoms with E-state index >= 15 is 0 Å². The number of H-pyrrole nitrogens is 1. The van der Waals surface area contributed by atoms with Crippen LogP contribution in [0.4, 0.5) is 0 Å². The average Bonchev–Trinajstić information content (AvgIpc) is 3.05. The number of aromatic nitrogens is 2. The minimum atomic E-state index is -0.343. The molecule has 2 heterocycles. The molecule has 3 N–H and O–H groups in total. The highest BCUT2D eigenvalue weighted by Crippen LogP contribution is 2.24. The van der Waals surface area contributed by atoms with Crippen molar-refractivity contribution in [1.29, 1.82) is 0 Å². The first-order chi connectivity index (χ1) is 11.1. The third-order valence-corrected chi connectivity index (χ3v) is 4.42. The van der Waals surface area contributed by atoms with Crippen LogP contribution in [0.25, 0.3) is 11.3 Å². The van der Waals surface area contributed by atoms with E-state index < -0.39 is 0 Å². The van der Waals surface area contributed by atoms with Crippen LogP contribution in [0.15, 0.2) is 36.4 Å². The number of hydrogen-bond acceptors (Lipinski definition) is 3. The minimum Gasteiger partial charge on any atom is -0.369 e. The van der Waals surface area contributed by atoms with Gasteiger partial charge in [-0.05, 0) is 25.8 Å². The number of nitrogens with one attached hydrogen (secondary N) is 1. The van der Waals surface area contributed by atoms with Crippen LogP contribution in [0.2, 0.25) is 0 Å². The lowest BCUT2D eigenvalue weighted by Gasteiger charge is -2.36. The van der Waals surface area contributed by atoms with E-state index in [1.54, 1.807) is 11.0 Å². The summed E-state index contributed by atoms with van der Waals surface area (Å²) >= 11 is 0. The Morgan fingerprint density at radius 3 is 2.70 bits per heavy atom. The van der Waals surface area contributed by atoms with Crippen molar-refractivity contribution in [3.63, 3.8) is 0 Å². The summed E-state index contributed by atoms with van der Waals surface area (Å²) in [5.41, 5.74) is 7.50. The Hall–Kier alpha value is -2.63. The quantitative estimate of drug-likeness (QED) is 0.905. The van der Waals surface area contributed by atoms with Gasteiger partial charge in [-0.3, -0.25) is 14.7 Å². The van der Waals surface area contributed by atoms with Gasteiger partial charge in [-0.15, -0.1) is 0 Å². The van der Waals surface area contributed by atoms with E-state index in [9.17, 15) is 9.59 Å². The zero-order valence-corrected chi connectivity index (χ0v) is 13.0. The first-order valence-electron chi connectivity index (χ1n) is 7.77. The molecule has 0 bridgehead atoms. The van der Waals surface area contributed by atoms with Crippen molar-refractivity contribution in [3.8, 4) is 11.3 Å². The number of carbonyl (C=O) groups excluding carboxylic acids is 2. The van der Waals surface area contributed by atoms with E-state index in [1.165, 1.54) is 0 Å². The van der Waals surface area contributed by atoms with Crippen LogP contribution in [-0.2, 0) is 4.79 Å². The molecule has 3 rings (SSSR count). The smallest absolute Gasteiger partial charge is 0.272 e. The molecule has 6 nitrogen and oxygen atoms in total. The van der Waals surface area contributed by atoms with E-state index in [4.69, 9.17) is 5.73 Å². The molecule has 1 aromatic carbocycles. The zero-order valence-electron chi connectivity index (χ0n) is 13.0. The molecule has 0 unspecified atom stereocenters. The molecule has 1 saturated heterocycles. The lowest BCUT2D eigenvalue weighted by atomic mass is 9.92. The number of aromatic amines is 1. The average molecular weight is 312 g/mol. The molecule has 120 valence electrons. The Balaban J connectivity index is 1.80. The van der Waals surface area contributed by atoms with Crippen molar-refractivity contribution in [3.05, 3.63) is 42.1 Å². The second kappa shape index (κ2) is 6.24. The van der Waals surface area contributed by atoms with Gasteiger partial charge in [-0.2, -0.15) is 5.10 Å². The summed E-state index contributed by atoms with van der Waals surface area (Å²) in [4.78, 5) is 25.9. The molecule has 0 radical (unpaired) electrons. The van der Waals surface area contributed by atoms with Crippen LogP contribution >= 0.6 is 0 Å². The summed E-state index contributed by atoms with van der Waals surface area (Å²) < 4.78 is 0. The number of rotatable bonds is 3. The van der Waals surface area contributed by atoms with Gasteiger partial charge in [0.1, 0.15) is 5.69 Å². The highest BCUT2D eigenvalue weighted by molar-refractivity contribution is 5.94. The van der Waals surface area contributed by atoms with Crippen molar-refractivity contribution < 1.29 is 9.59 Å². The lowest BCUT2D eigenvalue weighted by Crippen LogP contribution is -2.48. The number of nitrogens with two attached hydrogens (primary N) is 1. The highest BCUT2D eigenvalue weighted by atomic mass is 16.2. The van der Waals surface area contributed by atoms with Gasteiger partial charge in [-0.1, -0.05) is 30.3 Å². The number of nitrogens with zero attached hydrogens (tertiary/aromatic N) is 2. The maximum atomic E-state index is 12.7. The van der Waals surface area contributed by atoms with Gasteiger partial charge in [-0.25, -0.2) is 0 Å². The first kappa shape index (κ1) is 15.3. The molecule has 2 atom stereocenters. The van der Waals surface area contributed by atoms with Crippen LogP contribution in [0.1, 0.15) is 30.3 Å². The molecule has 1 aliphatic heterocycles. The number of likely N-dealkylation sites (tertiary alicyclic amines) is 1. The summed E-state index contributed by atoms with van der Waals surface area (Å²) in [5.74, 6) is -0.755. The summed E-state index contributed by atoms with van der Waals surface area (Å²) in [6, 6.07) is 11.5. The van der Waals surface area contributed by atoms with Crippen LogP contribution < -0.4 is 5.73 Å². The Morgan fingerprint density at radius 2 is 2.00 bits per heavy atom. The Labute approximate surface area is 134 Å².